The predicted molar refractivity (Wildman–Crippen MR) is 61.4 cm³/mol. The fraction of sp³-hybridized carbons (Fsp3) is 0.769. The van der Waals surface area contributed by atoms with Crippen LogP contribution in [0, 0.1) is 17.8 Å². The van der Waals surface area contributed by atoms with Gasteiger partial charge < -0.3 is 4.74 Å². The Hall–Kier alpha value is -0.790. The Kier molecular flexibility index (Phi) is 3.95. The van der Waals surface area contributed by atoms with E-state index in [1.165, 1.54) is 0 Å². The van der Waals surface area contributed by atoms with Crippen LogP contribution in [0.25, 0.3) is 0 Å². The fourth-order valence-electron chi connectivity index (χ4n) is 2.30. The average molecular weight is 210 g/mol. The molecule has 0 aromatic heterocycles. The van der Waals surface area contributed by atoms with Crippen LogP contribution in [0.15, 0.2) is 11.6 Å². The molecular weight excluding hydrogens is 188 g/mol. The molecule has 86 valence electrons. The van der Waals surface area contributed by atoms with Gasteiger partial charge in [0.05, 0.1) is 0 Å². The molecular formula is C13H22O2. The minimum Gasteiger partial charge on any atom is -0.458 e. The number of cyclic esters (lactones) is 1. The van der Waals surface area contributed by atoms with Crippen molar-refractivity contribution in [3.05, 3.63) is 11.6 Å². The van der Waals surface area contributed by atoms with Crippen molar-refractivity contribution in [3.63, 3.8) is 0 Å². The molecule has 1 fully saturated rings. The van der Waals surface area contributed by atoms with E-state index in [2.05, 4.69) is 27.7 Å². The standard InChI is InChI=1S/C13H22O2/c1-6-8(3)12-10(5)9(4)11(7-2)13(14)15-12/h7-10,12H,6H2,1-5H3/b11-7+. The van der Waals surface area contributed by atoms with Crippen LogP contribution in [0.3, 0.4) is 0 Å². The maximum Gasteiger partial charge on any atom is 0.334 e. The molecule has 4 unspecified atom stereocenters. The summed E-state index contributed by atoms with van der Waals surface area (Å²) in [5.41, 5.74) is 0.835. The van der Waals surface area contributed by atoms with Crippen LogP contribution in [-0.4, -0.2) is 12.1 Å². The zero-order valence-corrected chi connectivity index (χ0v) is 10.4. The third-order valence-electron chi connectivity index (χ3n) is 3.79. The van der Waals surface area contributed by atoms with Crippen molar-refractivity contribution < 1.29 is 9.53 Å². The largest absolute Gasteiger partial charge is 0.458 e. The molecule has 1 aliphatic rings. The van der Waals surface area contributed by atoms with Crippen molar-refractivity contribution in [2.24, 2.45) is 17.8 Å². The second-order valence-corrected chi connectivity index (χ2v) is 4.65. The molecule has 2 nitrogen and oxygen atoms in total. The van der Waals surface area contributed by atoms with Gasteiger partial charge in [0.1, 0.15) is 6.10 Å². The second-order valence-electron chi connectivity index (χ2n) is 4.65. The lowest BCUT2D eigenvalue weighted by atomic mass is 9.77. The first-order valence-corrected chi connectivity index (χ1v) is 5.90. The Labute approximate surface area is 92.7 Å². The van der Waals surface area contributed by atoms with Gasteiger partial charge in [-0.05, 0) is 18.8 Å². The number of hydrogen-bond acceptors (Lipinski definition) is 2. The van der Waals surface area contributed by atoms with E-state index in [1.807, 2.05) is 13.0 Å². The number of rotatable bonds is 2. The van der Waals surface area contributed by atoms with Crippen molar-refractivity contribution >= 4 is 5.97 Å². The average Bonchev–Trinajstić information content (AvgIpc) is 2.23. The summed E-state index contributed by atoms with van der Waals surface area (Å²) in [5, 5.41) is 0. The van der Waals surface area contributed by atoms with Crippen LogP contribution in [0.5, 0.6) is 0 Å². The molecule has 0 radical (unpaired) electrons. The first kappa shape index (κ1) is 12.3. The summed E-state index contributed by atoms with van der Waals surface area (Å²) in [4.78, 5) is 11.7. The van der Waals surface area contributed by atoms with Crippen LogP contribution in [0.1, 0.15) is 41.0 Å². The highest BCUT2D eigenvalue weighted by Gasteiger charge is 2.38. The third kappa shape index (κ3) is 2.24. The number of carbonyl (C=O) groups excluding carboxylic acids is 1. The Bertz CT molecular complexity index is 268. The molecule has 0 amide bonds. The summed E-state index contributed by atoms with van der Waals surface area (Å²) in [6.45, 7) is 10.5. The molecule has 15 heavy (non-hydrogen) atoms. The van der Waals surface area contributed by atoms with Gasteiger partial charge in [0.25, 0.3) is 0 Å². The molecule has 0 bridgehead atoms. The summed E-state index contributed by atoms with van der Waals surface area (Å²) < 4.78 is 5.52. The SMILES string of the molecule is C/C=C1/C(=O)OC(C(C)CC)C(C)C1C. The normalized spacial score (nSPS) is 36.5. The van der Waals surface area contributed by atoms with Crippen molar-refractivity contribution in [2.45, 2.75) is 47.1 Å². The summed E-state index contributed by atoms with van der Waals surface area (Å²) in [6.07, 6.45) is 3.03. The van der Waals surface area contributed by atoms with Gasteiger partial charge in [-0.15, -0.1) is 0 Å². The van der Waals surface area contributed by atoms with E-state index >= 15 is 0 Å². The van der Waals surface area contributed by atoms with Crippen molar-refractivity contribution in [1.82, 2.24) is 0 Å². The van der Waals surface area contributed by atoms with Crippen LogP contribution < -0.4 is 0 Å². The lowest BCUT2D eigenvalue weighted by Crippen LogP contribution is -2.41. The molecule has 1 aliphatic heterocycles. The minimum atomic E-state index is -0.117. The molecule has 1 saturated heterocycles. The van der Waals surface area contributed by atoms with Gasteiger partial charge in [-0.25, -0.2) is 4.79 Å². The minimum absolute atomic E-state index is 0.0844. The molecule has 4 atom stereocenters. The topological polar surface area (TPSA) is 26.3 Å². The molecule has 0 aliphatic carbocycles. The van der Waals surface area contributed by atoms with Crippen LogP contribution in [-0.2, 0) is 9.53 Å². The van der Waals surface area contributed by atoms with Crippen molar-refractivity contribution in [1.29, 1.82) is 0 Å². The van der Waals surface area contributed by atoms with Gasteiger partial charge in [-0.2, -0.15) is 0 Å². The summed E-state index contributed by atoms with van der Waals surface area (Å²) in [5.74, 6) is 1.07. The predicted octanol–water partition coefficient (Wildman–Crippen LogP) is 3.18. The Morgan fingerprint density at radius 1 is 1.47 bits per heavy atom. The highest BCUT2D eigenvalue weighted by Crippen LogP contribution is 2.35. The zero-order chi connectivity index (χ0) is 11.6. The van der Waals surface area contributed by atoms with Gasteiger partial charge >= 0.3 is 5.97 Å². The van der Waals surface area contributed by atoms with Gasteiger partial charge in [0.15, 0.2) is 0 Å². The second kappa shape index (κ2) is 4.82. The Morgan fingerprint density at radius 2 is 2.07 bits per heavy atom. The van der Waals surface area contributed by atoms with Gasteiger partial charge in [-0.3, -0.25) is 0 Å². The summed E-state index contributed by atoms with van der Waals surface area (Å²) >= 11 is 0. The Morgan fingerprint density at radius 3 is 2.53 bits per heavy atom. The molecule has 1 rings (SSSR count). The Balaban J connectivity index is 2.87. The van der Waals surface area contributed by atoms with Crippen molar-refractivity contribution in [3.8, 4) is 0 Å². The quantitative estimate of drug-likeness (QED) is 0.517. The molecule has 2 heteroatoms. The highest BCUT2D eigenvalue weighted by atomic mass is 16.5. The number of esters is 1. The lowest BCUT2D eigenvalue weighted by Gasteiger charge is -2.38. The maximum absolute atomic E-state index is 11.7. The molecule has 0 spiro atoms. The van der Waals surface area contributed by atoms with Gasteiger partial charge in [0.2, 0.25) is 0 Å². The number of carbonyl (C=O) groups is 1. The monoisotopic (exact) mass is 210 g/mol. The fourth-order valence-corrected chi connectivity index (χ4v) is 2.30. The first-order chi connectivity index (χ1) is 7.02. The third-order valence-corrected chi connectivity index (χ3v) is 3.79. The van der Waals surface area contributed by atoms with Crippen LogP contribution >= 0.6 is 0 Å². The molecule has 0 N–H and O–H groups in total. The van der Waals surface area contributed by atoms with E-state index in [1.54, 1.807) is 0 Å². The van der Waals surface area contributed by atoms with E-state index in [0.29, 0.717) is 17.8 Å². The molecule has 0 saturated carbocycles. The van der Waals surface area contributed by atoms with E-state index in [-0.39, 0.29) is 12.1 Å². The zero-order valence-electron chi connectivity index (χ0n) is 10.4. The van der Waals surface area contributed by atoms with E-state index in [9.17, 15) is 4.79 Å². The number of ether oxygens (including phenoxy) is 1. The van der Waals surface area contributed by atoms with E-state index in [4.69, 9.17) is 4.74 Å². The van der Waals surface area contributed by atoms with Crippen LogP contribution in [0.4, 0.5) is 0 Å². The van der Waals surface area contributed by atoms with Crippen LogP contribution in [0.2, 0.25) is 0 Å². The number of hydrogen-bond donors (Lipinski definition) is 0. The smallest absolute Gasteiger partial charge is 0.334 e. The number of allylic oxidation sites excluding steroid dienone is 1. The maximum atomic E-state index is 11.7. The molecule has 1 heterocycles. The lowest BCUT2D eigenvalue weighted by molar-refractivity contribution is -0.157. The van der Waals surface area contributed by atoms with Crippen molar-refractivity contribution in [2.75, 3.05) is 0 Å². The summed E-state index contributed by atoms with van der Waals surface area (Å²) in [6, 6.07) is 0. The highest BCUT2D eigenvalue weighted by molar-refractivity contribution is 5.89. The molecule has 0 aromatic rings. The van der Waals surface area contributed by atoms with Gasteiger partial charge in [-0.1, -0.05) is 40.2 Å². The molecule has 0 aromatic carbocycles. The first-order valence-electron chi connectivity index (χ1n) is 5.90. The van der Waals surface area contributed by atoms with E-state index < -0.39 is 0 Å². The van der Waals surface area contributed by atoms with Gasteiger partial charge in [0, 0.05) is 11.5 Å². The van der Waals surface area contributed by atoms with E-state index in [0.717, 1.165) is 12.0 Å². The summed E-state index contributed by atoms with van der Waals surface area (Å²) in [7, 11) is 0.